The zero-order valence-corrected chi connectivity index (χ0v) is 7.45. The lowest BCUT2D eigenvalue weighted by atomic mass is 9.94. The minimum atomic E-state index is 0.759. The summed E-state index contributed by atoms with van der Waals surface area (Å²) < 4.78 is 5.26. The van der Waals surface area contributed by atoms with Gasteiger partial charge in [-0.05, 0) is 24.3 Å². The lowest BCUT2D eigenvalue weighted by Crippen LogP contribution is -2.03. The molecule has 2 N–H and O–H groups in total. The first-order valence-corrected chi connectivity index (χ1v) is 4.17. The molecule has 0 spiro atoms. The first kappa shape index (κ1) is 7.99. The molecule has 0 radical (unpaired) electrons. The van der Waals surface area contributed by atoms with Crippen LogP contribution in [-0.2, 0) is 0 Å². The summed E-state index contributed by atoms with van der Waals surface area (Å²) >= 11 is 0. The highest BCUT2D eigenvalue weighted by molar-refractivity contribution is 6.32. The summed E-state index contributed by atoms with van der Waals surface area (Å²) in [4.78, 5) is 0. The van der Waals surface area contributed by atoms with Crippen molar-refractivity contribution in [1.82, 2.24) is 0 Å². The lowest BCUT2D eigenvalue weighted by Gasteiger charge is -2.02. The maximum absolute atomic E-state index is 5.85. The third-order valence-electron chi connectivity index (χ3n) is 1.99. The van der Waals surface area contributed by atoms with Crippen molar-refractivity contribution < 1.29 is 4.42 Å². The SMILES string of the molecule is Bc1ccc(-c2ccco2)c(N)c1. The van der Waals surface area contributed by atoms with Crippen molar-refractivity contribution in [2.24, 2.45) is 0 Å². The number of nitrogens with two attached hydrogens (primary N) is 1. The monoisotopic (exact) mass is 171 g/mol. The van der Waals surface area contributed by atoms with Gasteiger partial charge in [-0.15, -0.1) is 0 Å². The van der Waals surface area contributed by atoms with Gasteiger partial charge in [-0.25, -0.2) is 0 Å². The predicted molar refractivity (Wildman–Crippen MR) is 56.7 cm³/mol. The van der Waals surface area contributed by atoms with Gasteiger partial charge in [0.25, 0.3) is 0 Å². The Hall–Kier alpha value is -1.64. The topological polar surface area (TPSA) is 39.2 Å². The molecular formula is C10H10BNO. The second-order valence-electron chi connectivity index (χ2n) is 3.07. The van der Waals surface area contributed by atoms with Gasteiger partial charge in [-0.1, -0.05) is 11.5 Å². The van der Waals surface area contributed by atoms with Crippen molar-refractivity contribution in [2.75, 3.05) is 5.73 Å². The van der Waals surface area contributed by atoms with E-state index in [0.29, 0.717) is 0 Å². The van der Waals surface area contributed by atoms with Crippen molar-refractivity contribution >= 4 is 19.0 Å². The fourth-order valence-electron chi connectivity index (χ4n) is 1.34. The van der Waals surface area contributed by atoms with Crippen molar-refractivity contribution in [3.05, 3.63) is 36.6 Å². The van der Waals surface area contributed by atoms with Crippen LogP contribution in [0, 0.1) is 0 Å². The number of nitrogen functional groups attached to an aromatic ring is 1. The number of rotatable bonds is 1. The Morgan fingerprint density at radius 2 is 2.08 bits per heavy atom. The Morgan fingerprint density at radius 3 is 2.69 bits per heavy atom. The molecule has 1 heterocycles. The number of hydrogen-bond donors (Lipinski definition) is 1. The fourth-order valence-corrected chi connectivity index (χ4v) is 1.34. The average molecular weight is 171 g/mol. The van der Waals surface area contributed by atoms with Crippen LogP contribution in [0.4, 0.5) is 5.69 Å². The van der Waals surface area contributed by atoms with E-state index in [2.05, 4.69) is 0 Å². The summed E-state index contributed by atoms with van der Waals surface area (Å²) in [7, 11) is 2.02. The molecule has 64 valence electrons. The highest BCUT2D eigenvalue weighted by Gasteiger charge is 2.03. The van der Waals surface area contributed by atoms with E-state index in [1.54, 1.807) is 6.26 Å². The van der Waals surface area contributed by atoms with E-state index >= 15 is 0 Å². The Balaban J connectivity index is 2.53. The Kier molecular flexibility index (Phi) is 1.85. The van der Waals surface area contributed by atoms with Crippen molar-refractivity contribution in [3.8, 4) is 11.3 Å². The molecule has 0 saturated heterocycles. The third-order valence-corrected chi connectivity index (χ3v) is 1.99. The van der Waals surface area contributed by atoms with Crippen LogP contribution in [0.15, 0.2) is 41.0 Å². The minimum Gasteiger partial charge on any atom is -0.464 e. The highest BCUT2D eigenvalue weighted by atomic mass is 16.3. The van der Waals surface area contributed by atoms with Crippen LogP contribution in [0.25, 0.3) is 11.3 Å². The summed E-state index contributed by atoms with van der Waals surface area (Å²) in [5.74, 6) is 0.817. The second-order valence-corrected chi connectivity index (χ2v) is 3.07. The summed E-state index contributed by atoms with van der Waals surface area (Å²) in [6.45, 7) is 0. The molecule has 0 aliphatic carbocycles. The van der Waals surface area contributed by atoms with Gasteiger partial charge in [-0.3, -0.25) is 0 Å². The Labute approximate surface area is 77.8 Å². The maximum Gasteiger partial charge on any atom is 0.139 e. The molecule has 0 saturated carbocycles. The molecule has 0 atom stereocenters. The van der Waals surface area contributed by atoms with E-state index in [1.807, 2.05) is 38.2 Å². The molecule has 13 heavy (non-hydrogen) atoms. The summed E-state index contributed by atoms with van der Waals surface area (Å²) in [6.07, 6.45) is 1.65. The van der Waals surface area contributed by atoms with E-state index in [-0.39, 0.29) is 0 Å². The molecule has 3 heteroatoms. The normalized spacial score (nSPS) is 10.2. The van der Waals surface area contributed by atoms with Crippen molar-refractivity contribution in [1.29, 1.82) is 0 Å². The minimum absolute atomic E-state index is 0.759. The zero-order valence-electron chi connectivity index (χ0n) is 7.45. The van der Waals surface area contributed by atoms with E-state index in [0.717, 1.165) is 22.5 Å². The third kappa shape index (κ3) is 1.45. The summed E-state index contributed by atoms with van der Waals surface area (Å²) in [5.41, 5.74) is 8.73. The molecular weight excluding hydrogens is 161 g/mol. The molecule has 0 aliphatic heterocycles. The molecule has 0 fully saturated rings. The molecule has 0 amide bonds. The van der Waals surface area contributed by atoms with E-state index in [4.69, 9.17) is 10.2 Å². The molecule has 2 aromatic rings. The highest BCUT2D eigenvalue weighted by Crippen LogP contribution is 2.24. The maximum atomic E-state index is 5.85. The Bertz CT molecular complexity index is 409. The molecule has 0 aliphatic rings. The van der Waals surface area contributed by atoms with Crippen LogP contribution in [-0.4, -0.2) is 7.85 Å². The fraction of sp³-hybridized carbons (Fsp3) is 0. The van der Waals surface area contributed by atoms with E-state index < -0.39 is 0 Å². The second kappa shape index (κ2) is 3.01. The average Bonchev–Trinajstić information content (AvgIpc) is 2.56. The van der Waals surface area contributed by atoms with Gasteiger partial charge in [0.15, 0.2) is 0 Å². The van der Waals surface area contributed by atoms with Crippen molar-refractivity contribution in [2.45, 2.75) is 0 Å². The zero-order chi connectivity index (χ0) is 9.26. The summed E-state index contributed by atoms with van der Waals surface area (Å²) in [6, 6.07) is 9.70. The number of anilines is 1. The largest absolute Gasteiger partial charge is 0.464 e. The summed E-state index contributed by atoms with van der Waals surface area (Å²) in [5, 5.41) is 0. The van der Waals surface area contributed by atoms with Crippen LogP contribution < -0.4 is 11.2 Å². The number of hydrogen-bond acceptors (Lipinski definition) is 2. The smallest absolute Gasteiger partial charge is 0.139 e. The number of benzene rings is 1. The molecule has 1 aromatic heterocycles. The van der Waals surface area contributed by atoms with Crippen molar-refractivity contribution in [3.63, 3.8) is 0 Å². The van der Waals surface area contributed by atoms with Crippen LogP contribution in [0.3, 0.4) is 0 Å². The lowest BCUT2D eigenvalue weighted by molar-refractivity contribution is 0.582. The van der Waals surface area contributed by atoms with Crippen LogP contribution in [0.1, 0.15) is 0 Å². The van der Waals surface area contributed by atoms with Gasteiger partial charge in [0.1, 0.15) is 13.6 Å². The quantitative estimate of drug-likeness (QED) is 0.508. The molecule has 0 unspecified atom stereocenters. The van der Waals surface area contributed by atoms with Gasteiger partial charge >= 0.3 is 0 Å². The van der Waals surface area contributed by atoms with E-state index in [9.17, 15) is 0 Å². The van der Waals surface area contributed by atoms with Crippen LogP contribution in [0.2, 0.25) is 0 Å². The van der Waals surface area contributed by atoms with Gasteiger partial charge in [0.2, 0.25) is 0 Å². The van der Waals surface area contributed by atoms with Gasteiger partial charge in [-0.2, -0.15) is 0 Å². The first-order chi connectivity index (χ1) is 6.27. The van der Waals surface area contributed by atoms with Gasteiger partial charge < -0.3 is 10.2 Å². The molecule has 0 bridgehead atoms. The van der Waals surface area contributed by atoms with Gasteiger partial charge in [0.05, 0.1) is 6.26 Å². The molecule has 2 rings (SSSR count). The van der Waals surface area contributed by atoms with Crippen LogP contribution >= 0.6 is 0 Å². The first-order valence-electron chi connectivity index (χ1n) is 4.17. The van der Waals surface area contributed by atoms with E-state index in [1.165, 1.54) is 0 Å². The molecule has 2 nitrogen and oxygen atoms in total. The predicted octanol–water partition coefficient (Wildman–Crippen LogP) is 0.787. The molecule has 1 aromatic carbocycles. The number of furan rings is 1. The van der Waals surface area contributed by atoms with Crippen LogP contribution in [0.5, 0.6) is 0 Å². The van der Waals surface area contributed by atoms with Gasteiger partial charge in [0, 0.05) is 11.3 Å². The Morgan fingerprint density at radius 1 is 1.23 bits per heavy atom. The standard InChI is InChI=1S/C10H10BNO/c11-7-3-4-8(9(12)6-7)10-2-1-5-13-10/h1-6H,11-12H2.